The Balaban J connectivity index is 2.77. The van der Waals surface area contributed by atoms with Crippen molar-refractivity contribution in [2.45, 2.75) is 26.4 Å². The van der Waals surface area contributed by atoms with Gasteiger partial charge in [-0.15, -0.1) is 0 Å². The predicted molar refractivity (Wildman–Crippen MR) is 64.9 cm³/mol. The van der Waals surface area contributed by atoms with Crippen molar-refractivity contribution in [3.8, 4) is 11.8 Å². The van der Waals surface area contributed by atoms with E-state index in [2.05, 4.69) is 11.8 Å². The van der Waals surface area contributed by atoms with Crippen molar-refractivity contribution in [3.05, 3.63) is 35.1 Å². The zero-order valence-corrected chi connectivity index (χ0v) is 10.0. The first kappa shape index (κ1) is 13.7. The summed E-state index contributed by atoms with van der Waals surface area (Å²) in [5.41, 5.74) is 1.51. The molecule has 0 aromatic heterocycles. The van der Waals surface area contributed by atoms with Crippen molar-refractivity contribution in [3.63, 3.8) is 0 Å². The molecule has 0 aliphatic carbocycles. The third-order valence-corrected chi connectivity index (χ3v) is 2.14. The first-order valence-electron chi connectivity index (χ1n) is 5.73. The molecular weight excluding hydrogens is 219 g/mol. The monoisotopic (exact) mass is 236 g/mol. The fourth-order valence-electron chi connectivity index (χ4n) is 1.33. The Morgan fingerprint density at radius 2 is 2.24 bits per heavy atom. The van der Waals surface area contributed by atoms with Crippen LogP contribution in [0.5, 0.6) is 0 Å². The summed E-state index contributed by atoms with van der Waals surface area (Å²) in [5.74, 6) is 5.33. The number of aliphatic hydroxyl groups excluding tert-OH is 1. The van der Waals surface area contributed by atoms with E-state index in [0.717, 1.165) is 12.0 Å². The van der Waals surface area contributed by atoms with E-state index in [9.17, 15) is 4.39 Å². The molecule has 0 bridgehead atoms. The van der Waals surface area contributed by atoms with Crippen molar-refractivity contribution >= 4 is 0 Å². The van der Waals surface area contributed by atoms with E-state index in [1.807, 2.05) is 6.92 Å². The number of halogens is 1. The van der Waals surface area contributed by atoms with E-state index >= 15 is 0 Å². The maximum atomic E-state index is 13.1. The van der Waals surface area contributed by atoms with E-state index in [4.69, 9.17) is 9.84 Å². The summed E-state index contributed by atoms with van der Waals surface area (Å²) in [6.07, 6.45) is 1.35. The van der Waals surface area contributed by atoms with Gasteiger partial charge in [-0.1, -0.05) is 24.8 Å². The first-order chi connectivity index (χ1) is 8.27. The molecular formula is C14H17FO2. The molecule has 0 saturated heterocycles. The molecule has 92 valence electrons. The molecule has 17 heavy (non-hydrogen) atoms. The molecule has 1 rings (SSSR count). The van der Waals surface area contributed by atoms with Crippen LogP contribution in [-0.4, -0.2) is 18.3 Å². The third-order valence-electron chi connectivity index (χ3n) is 2.14. The van der Waals surface area contributed by atoms with Crippen molar-refractivity contribution in [1.82, 2.24) is 0 Å². The first-order valence-corrected chi connectivity index (χ1v) is 5.73. The number of hydrogen-bond acceptors (Lipinski definition) is 2. The van der Waals surface area contributed by atoms with E-state index in [1.165, 1.54) is 12.1 Å². The number of benzene rings is 1. The Morgan fingerprint density at radius 3 is 2.94 bits per heavy atom. The third kappa shape index (κ3) is 4.99. The van der Waals surface area contributed by atoms with Gasteiger partial charge < -0.3 is 9.84 Å². The molecule has 0 amide bonds. The van der Waals surface area contributed by atoms with Gasteiger partial charge in [-0.3, -0.25) is 0 Å². The van der Waals surface area contributed by atoms with Crippen LogP contribution in [0.25, 0.3) is 0 Å². The molecule has 1 N–H and O–H groups in total. The van der Waals surface area contributed by atoms with Crippen LogP contribution < -0.4 is 0 Å². The molecule has 1 aromatic carbocycles. The van der Waals surface area contributed by atoms with Gasteiger partial charge in [0.1, 0.15) is 5.82 Å². The van der Waals surface area contributed by atoms with Crippen LogP contribution in [0, 0.1) is 17.7 Å². The Hall–Kier alpha value is -1.37. The van der Waals surface area contributed by atoms with Gasteiger partial charge in [0.2, 0.25) is 0 Å². The lowest BCUT2D eigenvalue weighted by molar-refractivity contribution is 0.121. The summed E-state index contributed by atoms with van der Waals surface area (Å²) >= 11 is 0. The minimum atomic E-state index is -0.308. The second kappa shape index (κ2) is 7.83. The topological polar surface area (TPSA) is 29.5 Å². The molecule has 2 nitrogen and oxygen atoms in total. The van der Waals surface area contributed by atoms with Crippen molar-refractivity contribution < 1.29 is 14.2 Å². The molecule has 0 unspecified atom stereocenters. The molecule has 0 spiro atoms. The van der Waals surface area contributed by atoms with Gasteiger partial charge in [-0.05, 0) is 24.1 Å². The molecule has 0 aliphatic rings. The van der Waals surface area contributed by atoms with E-state index in [0.29, 0.717) is 25.2 Å². The van der Waals surface area contributed by atoms with Crippen molar-refractivity contribution in [2.24, 2.45) is 0 Å². The molecule has 0 fully saturated rings. The van der Waals surface area contributed by atoms with Crippen LogP contribution in [0.3, 0.4) is 0 Å². The molecule has 0 saturated carbocycles. The van der Waals surface area contributed by atoms with Crippen LogP contribution in [0.4, 0.5) is 4.39 Å². The summed E-state index contributed by atoms with van der Waals surface area (Å²) in [5, 5.41) is 8.64. The van der Waals surface area contributed by atoms with Gasteiger partial charge in [-0.25, -0.2) is 4.39 Å². The molecule has 0 atom stereocenters. The van der Waals surface area contributed by atoms with Gasteiger partial charge in [0.05, 0.1) is 13.2 Å². The van der Waals surface area contributed by atoms with Gasteiger partial charge in [0.15, 0.2) is 0 Å². The zero-order valence-electron chi connectivity index (χ0n) is 10.0. The fourth-order valence-corrected chi connectivity index (χ4v) is 1.33. The van der Waals surface area contributed by atoms with Crippen molar-refractivity contribution in [1.29, 1.82) is 0 Å². The molecule has 3 heteroatoms. The Kier molecular flexibility index (Phi) is 6.31. The number of ether oxygens (including phenoxy) is 1. The molecule has 0 radical (unpaired) electrons. The minimum Gasteiger partial charge on any atom is -0.395 e. The highest BCUT2D eigenvalue weighted by Crippen LogP contribution is 2.11. The second-order valence-corrected chi connectivity index (χ2v) is 3.63. The highest BCUT2D eigenvalue weighted by molar-refractivity contribution is 5.41. The maximum Gasteiger partial charge on any atom is 0.124 e. The average Bonchev–Trinajstić information content (AvgIpc) is 2.32. The zero-order chi connectivity index (χ0) is 12.5. The SMILES string of the molecule is CCCOCc1ccc(F)cc1C#CCCO. The van der Waals surface area contributed by atoms with E-state index in [1.54, 1.807) is 6.07 Å². The van der Waals surface area contributed by atoms with Gasteiger partial charge in [-0.2, -0.15) is 0 Å². The average molecular weight is 236 g/mol. The lowest BCUT2D eigenvalue weighted by Gasteiger charge is -2.05. The summed E-state index contributed by atoms with van der Waals surface area (Å²) in [6.45, 7) is 3.18. The van der Waals surface area contributed by atoms with Crippen LogP contribution in [-0.2, 0) is 11.3 Å². The smallest absolute Gasteiger partial charge is 0.124 e. The summed E-state index contributed by atoms with van der Waals surface area (Å²) in [4.78, 5) is 0. The lowest BCUT2D eigenvalue weighted by Crippen LogP contribution is -1.97. The van der Waals surface area contributed by atoms with Gasteiger partial charge >= 0.3 is 0 Å². The summed E-state index contributed by atoms with van der Waals surface area (Å²) in [7, 11) is 0. The van der Waals surface area contributed by atoms with Gasteiger partial charge in [0.25, 0.3) is 0 Å². The summed E-state index contributed by atoms with van der Waals surface area (Å²) < 4.78 is 18.5. The fraction of sp³-hybridized carbons (Fsp3) is 0.429. The predicted octanol–water partition coefficient (Wildman–Crippen LogP) is 2.49. The largest absolute Gasteiger partial charge is 0.395 e. The Morgan fingerprint density at radius 1 is 1.41 bits per heavy atom. The highest BCUT2D eigenvalue weighted by atomic mass is 19.1. The molecule has 0 aliphatic heterocycles. The van der Waals surface area contributed by atoms with Crippen LogP contribution >= 0.6 is 0 Å². The van der Waals surface area contributed by atoms with Crippen molar-refractivity contribution in [2.75, 3.05) is 13.2 Å². The Bertz CT molecular complexity index is 404. The maximum absolute atomic E-state index is 13.1. The summed E-state index contributed by atoms with van der Waals surface area (Å²) in [6, 6.07) is 4.49. The number of rotatable bonds is 5. The highest BCUT2D eigenvalue weighted by Gasteiger charge is 2.02. The molecule has 1 aromatic rings. The number of hydrogen-bond donors (Lipinski definition) is 1. The Labute approximate surface area is 101 Å². The lowest BCUT2D eigenvalue weighted by atomic mass is 10.1. The van der Waals surface area contributed by atoms with Gasteiger partial charge in [0, 0.05) is 18.6 Å². The van der Waals surface area contributed by atoms with Crippen LogP contribution in [0.2, 0.25) is 0 Å². The normalized spacial score (nSPS) is 9.82. The minimum absolute atomic E-state index is 0.0178. The number of aliphatic hydroxyl groups is 1. The second-order valence-electron chi connectivity index (χ2n) is 3.63. The standard InChI is InChI=1S/C14H17FO2/c1-2-9-17-11-13-6-7-14(15)10-12(13)5-3-4-8-16/h6-7,10,16H,2,4,8-9,11H2,1H3. The van der Waals surface area contributed by atoms with E-state index < -0.39 is 0 Å². The molecule has 0 heterocycles. The van der Waals surface area contributed by atoms with Crippen LogP contribution in [0.1, 0.15) is 30.9 Å². The van der Waals surface area contributed by atoms with Crippen LogP contribution in [0.15, 0.2) is 18.2 Å². The quantitative estimate of drug-likeness (QED) is 0.628. The van der Waals surface area contributed by atoms with E-state index in [-0.39, 0.29) is 12.4 Å².